The minimum Gasteiger partial charge on any atom is -0.463 e. The average molecular weight is 312 g/mol. The molecule has 1 rings (SSSR count). The molecule has 0 saturated carbocycles. The summed E-state index contributed by atoms with van der Waals surface area (Å²) in [6.45, 7) is 10.7. The third-order valence-electron chi connectivity index (χ3n) is 3.77. The molecule has 1 fully saturated rings. The van der Waals surface area contributed by atoms with Crippen molar-refractivity contribution < 1.29 is 28.6 Å². The van der Waals surface area contributed by atoms with Gasteiger partial charge in [-0.25, -0.2) is 9.59 Å². The highest BCUT2D eigenvalue weighted by Crippen LogP contribution is 2.34. The lowest BCUT2D eigenvalue weighted by Gasteiger charge is -2.35. The molecule has 0 aliphatic carbocycles. The van der Waals surface area contributed by atoms with Crippen LogP contribution in [0, 0.1) is 5.41 Å². The number of carbonyl (C=O) groups excluding carboxylic acids is 3. The molecule has 1 heterocycles. The highest BCUT2D eigenvalue weighted by Gasteiger charge is 2.42. The molecule has 0 bridgehead atoms. The fraction of sp³-hybridized carbons (Fsp3) is 0.688. The Morgan fingerprint density at radius 3 is 2.50 bits per heavy atom. The Labute approximate surface area is 130 Å². The summed E-state index contributed by atoms with van der Waals surface area (Å²) in [5.41, 5.74) is -1.72. The van der Waals surface area contributed by atoms with Crippen LogP contribution >= 0.6 is 0 Å². The quantitative estimate of drug-likeness (QED) is 0.407. The zero-order valence-corrected chi connectivity index (χ0v) is 13.6. The zero-order chi connectivity index (χ0) is 17.0. The lowest BCUT2D eigenvalue weighted by atomic mass is 9.79. The van der Waals surface area contributed by atoms with E-state index in [0.29, 0.717) is 12.8 Å². The molecule has 0 N–H and O–H groups in total. The zero-order valence-electron chi connectivity index (χ0n) is 13.6. The fourth-order valence-electron chi connectivity index (χ4n) is 2.40. The van der Waals surface area contributed by atoms with Crippen molar-refractivity contribution in [1.29, 1.82) is 0 Å². The lowest BCUT2D eigenvalue weighted by molar-refractivity contribution is -0.173. The maximum Gasteiger partial charge on any atom is 0.347 e. The van der Waals surface area contributed by atoms with Crippen LogP contribution in [0.3, 0.4) is 0 Å². The third-order valence-corrected chi connectivity index (χ3v) is 3.77. The Morgan fingerprint density at radius 2 is 2.05 bits per heavy atom. The van der Waals surface area contributed by atoms with Crippen molar-refractivity contribution in [2.24, 2.45) is 5.41 Å². The van der Waals surface area contributed by atoms with Gasteiger partial charge in [-0.15, -0.1) is 0 Å². The molecule has 0 aromatic carbocycles. The molecule has 0 amide bonds. The largest absolute Gasteiger partial charge is 0.463 e. The summed E-state index contributed by atoms with van der Waals surface area (Å²) in [7, 11) is 0. The molecule has 22 heavy (non-hydrogen) atoms. The first kappa shape index (κ1) is 18.2. The Hall–Kier alpha value is -1.85. The van der Waals surface area contributed by atoms with E-state index < -0.39 is 35.0 Å². The minimum absolute atomic E-state index is 0.265. The van der Waals surface area contributed by atoms with Crippen molar-refractivity contribution in [3.63, 3.8) is 0 Å². The molecule has 2 atom stereocenters. The van der Waals surface area contributed by atoms with E-state index in [2.05, 4.69) is 6.58 Å². The van der Waals surface area contributed by atoms with Crippen LogP contribution < -0.4 is 0 Å². The highest BCUT2D eigenvalue weighted by atomic mass is 16.6. The summed E-state index contributed by atoms with van der Waals surface area (Å²) in [6.07, 6.45) is 1.44. The number of ether oxygens (including phenoxy) is 3. The molecular weight excluding hydrogens is 288 g/mol. The van der Waals surface area contributed by atoms with Gasteiger partial charge in [0.1, 0.15) is 5.60 Å². The van der Waals surface area contributed by atoms with Crippen LogP contribution in [0.2, 0.25) is 0 Å². The molecule has 0 aromatic heterocycles. The first-order valence-electron chi connectivity index (χ1n) is 7.36. The van der Waals surface area contributed by atoms with E-state index in [1.165, 1.54) is 0 Å². The van der Waals surface area contributed by atoms with E-state index in [4.69, 9.17) is 14.2 Å². The first-order valence-corrected chi connectivity index (χ1v) is 7.36. The smallest absolute Gasteiger partial charge is 0.347 e. The maximum atomic E-state index is 12.3. The van der Waals surface area contributed by atoms with Crippen molar-refractivity contribution in [3.8, 4) is 0 Å². The van der Waals surface area contributed by atoms with Crippen LogP contribution in [0.15, 0.2) is 12.7 Å². The summed E-state index contributed by atoms with van der Waals surface area (Å²) in [5.74, 6) is -1.56. The SMILES string of the molecule is C=CC(=O)OC(C)(CC)CC(C)(C)C(=O)OC1CCOC1=O. The third kappa shape index (κ3) is 4.58. The number of carbonyl (C=O) groups is 3. The molecule has 1 aliphatic heterocycles. The van der Waals surface area contributed by atoms with Crippen LogP contribution in [0.4, 0.5) is 0 Å². The van der Waals surface area contributed by atoms with Crippen molar-refractivity contribution in [2.75, 3.05) is 6.61 Å². The van der Waals surface area contributed by atoms with Gasteiger partial charge < -0.3 is 14.2 Å². The molecule has 1 saturated heterocycles. The van der Waals surface area contributed by atoms with Gasteiger partial charge in [0.05, 0.1) is 12.0 Å². The van der Waals surface area contributed by atoms with Crippen LogP contribution in [-0.4, -0.2) is 36.2 Å². The molecule has 1 aliphatic rings. The summed E-state index contributed by atoms with van der Waals surface area (Å²) >= 11 is 0. The number of hydrogen-bond donors (Lipinski definition) is 0. The van der Waals surface area contributed by atoms with E-state index in [9.17, 15) is 14.4 Å². The Kier molecular flexibility index (Phi) is 5.74. The summed E-state index contributed by atoms with van der Waals surface area (Å²) < 4.78 is 15.4. The minimum atomic E-state index is -0.908. The maximum absolute atomic E-state index is 12.3. The fourth-order valence-corrected chi connectivity index (χ4v) is 2.40. The number of cyclic esters (lactones) is 1. The lowest BCUT2D eigenvalue weighted by Crippen LogP contribution is -2.41. The normalized spacial score (nSPS) is 20.7. The predicted octanol–water partition coefficient (Wildman–Crippen LogP) is 2.16. The molecule has 0 radical (unpaired) electrons. The second-order valence-electron chi connectivity index (χ2n) is 6.34. The number of hydrogen-bond acceptors (Lipinski definition) is 6. The summed E-state index contributed by atoms with van der Waals surface area (Å²) in [4.78, 5) is 35.2. The van der Waals surface area contributed by atoms with Crippen LogP contribution in [0.25, 0.3) is 0 Å². The Bertz CT molecular complexity index is 467. The molecule has 6 nitrogen and oxygen atoms in total. The van der Waals surface area contributed by atoms with Gasteiger partial charge in [-0.05, 0) is 27.2 Å². The van der Waals surface area contributed by atoms with Gasteiger partial charge in [0, 0.05) is 18.9 Å². The van der Waals surface area contributed by atoms with Crippen molar-refractivity contribution >= 4 is 17.9 Å². The topological polar surface area (TPSA) is 78.9 Å². The van der Waals surface area contributed by atoms with Gasteiger partial charge in [-0.2, -0.15) is 0 Å². The number of rotatable bonds is 7. The first-order chi connectivity index (χ1) is 10.1. The highest BCUT2D eigenvalue weighted by molar-refractivity contribution is 5.83. The van der Waals surface area contributed by atoms with E-state index >= 15 is 0 Å². The average Bonchev–Trinajstić information content (AvgIpc) is 2.83. The van der Waals surface area contributed by atoms with E-state index in [1.807, 2.05) is 6.92 Å². The second-order valence-corrected chi connectivity index (χ2v) is 6.34. The monoisotopic (exact) mass is 312 g/mol. The summed E-state index contributed by atoms with van der Waals surface area (Å²) in [5, 5.41) is 0. The molecule has 6 heteroatoms. The summed E-state index contributed by atoms with van der Waals surface area (Å²) in [6, 6.07) is 0. The van der Waals surface area contributed by atoms with E-state index in [0.717, 1.165) is 6.08 Å². The molecule has 2 unspecified atom stereocenters. The van der Waals surface area contributed by atoms with E-state index in [1.54, 1.807) is 20.8 Å². The standard InChI is InChI=1S/C16H24O6/c1-6-12(17)22-16(5,7-2)10-15(3,4)14(19)21-11-8-9-20-13(11)18/h6,11H,1,7-10H2,2-5H3. The molecule has 0 aromatic rings. The van der Waals surface area contributed by atoms with Crippen molar-refractivity contribution in [2.45, 2.75) is 58.7 Å². The molecule has 0 spiro atoms. The van der Waals surface area contributed by atoms with Crippen LogP contribution in [0.5, 0.6) is 0 Å². The Balaban J connectivity index is 2.74. The van der Waals surface area contributed by atoms with Gasteiger partial charge in [0.15, 0.2) is 0 Å². The Morgan fingerprint density at radius 1 is 1.41 bits per heavy atom. The van der Waals surface area contributed by atoms with Crippen LogP contribution in [-0.2, 0) is 28.6 Å². The van der Waals surface area contributed by atoms with Crippen molar-refractivity contribution in [1.82, 2.24) is 0 Å². The van der Waals surface area contributed by atoms with Gasteiger partial charge >= 0.3 is 17.9 Å². The van der Waals surface area contributed by atoms with Gasteiger partial charge in [0.25, 0.3) is 0 Å². The van der Waals surface area contributed by atoms with E-state index in [-0.39, 0.29) is 13.0 Å². The van der Waals surface area contributed by atoms with Gasteiger partial charge in [-0.1, -0.05) is 13.5 Å². The van der Waals surface area contributed by atoms with Crippen LogP contribution in [0.1, 0.15) is 47.0 Å². The number of esters is 3. The van der Waals surface area contributed by atoms with Crippen molar-refractivity contribution in [3.05, 3.63) is 12.7 Å². The molecule has 124 valence electrons. The van der Waals surface area contributed by atoms with Gasteiger partial charge in [0.2, 0.25) is 6.10 Å². The predicted molar refractivity (Wildman–Crippen MR) is 78.8 cm³/mol. The molecular formula is C16H24O6. The van der Waals surface area contributed by atoms with Gasteiger partial charge in [-0.3, -0.25) is 4.79 Å². The second kappa shape index (κ2) is 6.94.